The van der Waals surface area contributed by atoms with Crippen molar-refractivity contribution in [3.8, 4) is 0 Å². The highest BCUT2D eigenvalue weighted by Crippen LogP contribution is 2.27. The number of halogens is 1. The molecule has 0 bridgehead atoms. The molecule has 2 fully saturated rings. The van der Waals surface area contributed by atoms with Crippen molar-refractivity contribution < 1.29 is 9.90 Å². The highest BCUT2D eigenvalue weighted by atomic mass is 35.5. The van der Waals surface area contributed by atoms with E-state index in [1.165, 1.54) is 0 Å². The van der Waals surface area contributed by atoms with Gasteiger partial charge in [0.05, 0.1) is 0 Å². The lowest BCUT2D eigenvalue weighted by molar-refractivity contribution is 0.0724. The van der Waals surface area contributed by atoms with Crippen LogP contribution in [0.2, 0.25) is 5.15 Å². The Morgan fingerprint density at radius 2 is 2.04 bits per heavy atom. The maximum absolute atomic E-state index is 12.9. The topological polar surface area (TPSA) is 56.7 Å². The third-order valence-electron chi connectivity index (χ3n) is 4.79. The number of hydrogen-bond acceptors (Lipinski definition) is 4. The van der Waals surface area contributed by atoms with Crippen LogP contribution in [0.5, 0.6) is 0 Å². The number of pyridine rings is 1. The van der Waals surface area contributed by atoms with Crippen LogP contribution >= 0.6 is 11.6 Å². The summed E-state index contributed by atoms with van der Waals surface area (Å²) in [7, 11) is 0. The van der Waals surface area contributed by atoms with Crippen LogP contribution in [0.25, 0.3) is 0 Å². The van der Waals surface area contributed by atoms with E-state index in [1.807, 2.05) is 11.0 Å². The number of anilines is 1. The van der Waals surface area contributed by atoms with Crippen LogP contribution in [0.15, 0.2) is 12.1 Å². The molecular weight excluding hydrogens is 314 g/mol. The van der Waals surface area contributed by atoms with Gasteiger partial charge in [0.1, 0.15) is 11.0 Å². The number of hydrogen-bond donors (Lipinski definition) is 1. The molecule has 0 radical (unpaired) electrons. The van der Waals surface area contributed by atoms with Crippen LogP contribution in [-0.2, 0) is 0 Å². The Bertz CT molecular complexity index is 561. The predicted molar refractivity (Wildman–Crippen MR) is 91.1 cm³/mol. The van der Waals surface area contributed by atoms with Gasteiger partial charge in [-0.15, -0.1) is 0 Å². The molecule has 126 valence electrons. The van der Waals surface area contributed by atoms with Crippen molar-refractivity contribution in [2.75, 3.05) is 31.1 Å². The quantitative estimate of drug-likeness (QED) is 0.839. The molecule has 3 heterocycles. The summed E-state index contributed by atoms with van der Waals surface area (Å²) in [5.74, 6) is 0.847. The molecule has 1 amide bonds. The number of rotatable bonds is 5. The molecule has 0 spiro atoms. The van der Waals surface area contributed by atoms with E-state index >= 15 is 0 Å². The van der Waals surface area contributed by atoms with E-state index in [0.29, 0.717) is 10.7 Å². The first kappa shape index (κ1) is 16.5. The molecule has 0 aromatic carbocycles. The van der Waals surface area contributed by atoms with Gasteiger partial charge in [-0.05, 0) is 50.7 Å². The first-order chi connectivity index (χ1) is 11.2. The summed E-state index contributed by atoms with van der Waals surface area (Å²) in [6, 6.07) is 3.78. The van der Waals surface area contributed by atoms with Crippen molar-refractivity contribution >= 4 is 23.3 Å². The lowest BCUT2D eigenvalue weighted by Gasteiger charge is -2.25. The van der Waals surface area contributed by atoms with Gasteiger partial charge in [-0.2, -0.15) is 0 Å². The summed E-state index contributed by atoms with van der Waals surface area (Å²) < 4.78 is 0. The van der Waals surface area contributed by atoms with E-state index < -0.39 is 0 Å². The smallest absolute Gasteiger partial charge is 0.254 e. The van der Waals surface area contributed by atoms with Gasteiger partial charge >= 0.3 is 0 Å². The van der Waals surface area contributed by atoms with Gasteiger partial charge in [-0.1, -0.05) is 11.6 Å². The number of nitrogens with zero attached hydrogens (tertiary/aromatic N) is 3. The van der Waals surface area contributed by atoms with Crippen LogP contribution in [-0.4, -0.2) is 53.2 Å². The van der Waals surface area contributed by atoms with Gasteiger partial charge in [0.25, 0.3) is 5.91 Å². The molecule has 2 saturated heterocycles. The zero-order chi connectivity index (χ0) is 16.2. The third-order valence-corrected chi connectivity index (χ3v) is 4.98. The van der Waals surface area contributed by atoms with Crippen LogP contribution in [0.1, 0.15) is 48.9 Å². The molecule has 23 heavy (non-hydrogen) atoms. The highest BCUT2D eigenvalue weighted by Gasteiger charge is 2.29. The summed E-state index contributed by atoms with van der Waals surface area (Å²) in [5.41, 5.74) is 0.628. The van der Waals surface area contributed by atoms with Crippen LogP contribution < -0.4 is 4.90 Å². The number of carbonyl (C=O) groups is 1. The fourth-order valence-corrected chi connectivity index (χ4v) is 3.81. The van der Waals surface area contributed by atoms with E-state index in [1.54, 1.807) is 6.07 Å². The van der Waals surface area contributed by atoms with Crippen molar-refractivity contribution in [3.05, 3.63) is 22.8 Å². The second-order valence-electron chi connectivity index (χ2n) is 6.39. The molecule has 1 aromatic rings. The molecule has 6 heteroatoms. The highest BCUT2D eigenvalue weighted by molar-refractivity contribution is 6.29. The van der Waals surface area contributed by atoms with Crippen LogP contribution in [0, 0.1) is 0 Å². The first-order valence-electron chi connectivity index (χ1n) is 8.53. The molecule has 2 aliphatic heterocycles. The summed E-state index contributed by atoms with van der Waals surface area (Å²) in [6.45, 7) is 2.92. The van der Waals surface area contributed by atoms with Crippen molar-refractivity contribution in [1.29, 1.82) is 0 Å². The minimum absolute atomic E-state index is 0.0372. The normalized spacial score (nSPS) is 21.2. The lowest BCUT2D eigenvalue weighted by atomic mass is 10.1. The fraction of sp³-hybridized carbons (Fsp3) is 0.647. The van der Waals surface area contributed by atoms with Crippen LogP contribution in [0.4, 0.5) is 5.82 Å². The molecule has 0 saturated carbocycles. The predicted octanol–water partition coefficient (Wildman–Crippen LogP) is 2.71. The second kappa shape index (κ2) is 7.49. The van der Waals surface area contributed by atoms with E-state index in [4.69, 9.17) is 16.7 Å². The molecule has 1 atom stereocenters. The number of amides is 1. The Morgan fingerprint density at radius 1 is 1.26 bits per heavy atom. The van der Waals surface area contributed by atoms with Crippen molar-refractivity contribution in [2.45, 2.75) is 44.6 Å². The minimum Gasteiger partial charge on any atom is -0.396 e. The first-order valence-corrected chi connectivity index (χ1v) is 8.91. The van der Waals surface area contributed by atoms with Crippen molar-refractivity contribution in [2.24, 2.45) is 0 Å². The molecule has 0 aliphatic carbocycles. The third kappa shape index (κ3) is 3.78. The summed E-state index contributed by atoms with van der Waals surface area (Å²) in [4.78, 5) is 21.4. The average molecular weight is 338 g/mol. The Hall–Kier alpha value is -1.33. The Kier molecular flexibility index (Phi) is 5.38. The average Bonchev–Trinajstić information content (AvgIpc) is 3.23. The summed E-state index contributed by atoms with van der Waals surface area (Å²) in [6.07, 6.45) is 5.97. The minimum atomic E-state index is 0.0372. The maximum Gasteiger partial charge on any atom is 0.254 e. The zero-order valence-corrected chi connectivity index (χ0v) is 14.1. The van der Waals surface area contributed by atoms with E-state index in [-0.39, 0.29) is 18.6 Å². The number of aliphatic hydroxyl groups excluding tert-OH is 1. The van der Waals surface area contributed by atoms with Gasteiger partial charge < -0.3 is 14.9 Å². The Balaban J connectivity index is 1.78. The Labute approximate surface area is 142 Å². The van der Waals surface area contributed by atoms with E-state index in [2.05, 4.69) is 9.88 Å². The molecule has 2 aliphatic rings. The van der Waals surface area contributed by atoms with Gasteiger partial charge in [0.2, 0.25) is 0 Å². The van der Waals surface area contributed by atoms with Crippen LogP contribution in [0.3, 0.4) is 0 Å². The number of carbonyl (C=O) groups excluding carboxylic acids is 1. The van der Waals surface area contributed by atoms with Gasteiger partial charge in [0.15, 0.2) is 0 Å². The molecule has 1 aromatic heterocycles. The molecule has 5 nitrogen and oxygen atoms in total. The second-order valence-corrected chi connectivity index (χ2v) is 6.78. The van der Waals surface area contributed by atoms with Gasteiger partial charge in [0, 0.05) is 37.8 Å². The SMILES string of the molecule is O=C(c1cc(Cl)nc(N2CCCC2)c1)N1CCCC1CCCO. The number of likely N-dealkylation sites (tertiary alicyclic amines) is 1. The monoisotopic (exact) mass is 337 g/mol. The molecular formula is C17H24ClN3O2. The summed E-state index contributed by atoms with van der Waals surface area (Å²) in [5, 5.41) is 9.41. The molecule has 3 rings (SSSR count). The lowest BCUT2D eigenvalue weighted by Crippen LogP contribution is -2.35. The largest absolute Gasteiger partial charge is 0.396 e. The van der Waals surface area contributed by atoms with E-state index in [9.17, 15) is 4.79 Å². The standard InChI is InChI=1S/C17H24ClN3O2/c18-15-11-13(12-16(19-15)20-7-1-2-8-20)17(23)21-9-3-5-14(21)6-4-10-22/h11-12,14,22H,1-10H2. The zero-order valence-electron chi connectivity index (χ0n) is 13.4. The Morgan fingerprint density at radius 3 is 2.78 bits per heavy atom. The molecule has 1 unspecified atom stereocenters. The molecule has 1 N–H and O–H groups in total. The van der Waals surface area contributed by atoms with Crippen molar-refractivity contribution in [3.63, 3.8) is 0 Å². The van der Waals surface area contributed by atoms with Crippen molar-refractivity contribution in [1.82, 2.24) is 9.88 Å². The maximum atomic E-state index is 12.9. The number of aromatic nitrogens is 1. The van der Waals surface area contributed by atoms with Gasteiger partial charge in [-0.25, -0.2) is 4.98 Å². The van der Waals surface area contributed by atoms with Gasteiger partial charge in [-0.3, -0.25) is 4.79 Å². The summed E-state index contributed by atoms with van der Waals surface area (Å²) >= 11 is 6.16. The fourth-order valence-electron chi connectivity index (χ4n) is 3.61. The van der Waals surface area contributed by atoms with E-state index in [0.717, 1.165) is 64.0 Å². The number of aliphatic hydroxyl groups is 1.